The van der Waals surface area contributed by atoms with E-state index in [0.717, 1.165) is 28.9 Å². The van der Waals surface area contributed by atoms with Gasteiger partial charge >= 0.3 is 0 Å². The Balaban J connectivity index is 1.58. The van der Waals surface area contributed by atoms with Gasteiger partial charge in [0.05, 0.1) is 0 Å². The van der Waals surface area contributed by atoms with E-state index in [1.54, 1.807) is 0 Å². The van der Waals surface area contributed by atoms with Gasteiger partial charge in [0.2, 0.25) is 11.8 Å². The Kier molecular flexibility index (Phi) is 5.36. The third kappa shape index (κ3) is 4.05. The highest BCUT2D eigenvalue weighted by molar-refractivity contribution is 5.95. The largest absolute Gasteiger partial charge is 0.326 e. The number of aryl methyl sites for hydroxylation is 2. The molecule has 3 rings (SSSR count). The Bertz CT molecular complexity index is 857. The number of benzene rings is 2. The molecule has 0 saturated heterocycles. The van der Waals surface area contributed by atoms with Gasteiger partial charge in [0.25, 0.3) is 0 Å². The number of nitrogens with one attached hydrogen (secondary N) is 2. The number of rotatable bonds is 5. The van der Waals surface area contributed by atoms with Gasteiger partial charge in [0, 0.05) is 23.7 Å². The van der Waals surface area contributed by atoms with Crippen LogP contribution in [-0.2, 0) is 9.59 Å². The van der Waals surface area contributed by atoms with Crippen molar-refractivity contribution in [1.82, 2.24) is 0 Å². The van der Waals surface area contributed by atoms with Crippen molar-refractivity contribution in [3.8, 4) is 0 Å². The van der Waals surface area contributed by atoms with Gasteiger partial charge in [-0.1, -0.05) is 50.2 Å². The van der Waals surface area contributed by atoms with Crippen molar-refractivity contribution < 1.29 is 9.59 Å². The number of anilines is 2. The van der Waals surface area contributed by atoms with Crippen LogP contribution in [0.1, 0.15) is 37.8 Å². The summed E-state index contributed by atoms with van der Waals surface area (Å²) in [5.41, 5.74) is 3.62. The van der Waals surface area contributed by atoms with Crippen molar-refractivity contribution in [3.05, 3.63) is 59.7 Å². The molecule has 2 aromatic rings. The predicted molar refractivity (Wildman–Crippen MR) is 110 cm³/mol. The van der Waals surface area contributed by atoms with Crippen molar-refractivity contribution in [2.75, 3.05) is 10.6 Å². The molecular formula is C23H28N2O2. The van der Waals surface area contributed by atoms with Crippen molar-refractivity contribution in [2.24, 2.45) is 17.3 Å². The molecule has 1 aliphatic carbocycles. The fourth-order valence-electron chi connectivity index (χ4n) is 3.88. The Labute approximate surface area is 161 Å². The summed E-state index contributed by atoms with van der Waals surface area (Å²) in [4.78, 5) is 25.2. The first-order valence-corrected chi connectivity index (χ1v) is 9.51. The number of amides is 2. The molecule has 4 heteroatoms. The molecule has 0 unspecified atom stereocenters. The molecular weight excluding hydrogens is 336 g/mol. The van der Waals surface area contributed by atoms with Crippen LogP contribution in [0.4, 0.5) is 11.4 Å². The van der Waals surface area contributed by atoms with Gasteiger partial charge < -0.3 is 10.6 Å². The van der Waals surface area contributed by atoms with Crippen molar-refractivity contribution in [1.29, 1.82) is 0 Å². The first-order chi connectivity index (χ1) is 12.8. The molecule has 1 aliphatic rings. The third-order valence-electron chi connectivity index (χ3n) is 6.04. The van der Waals surface area contributed by atoms with Crippen LogP contribution in [0.3, 0.4) is 0 Å². The molecule has 0 heterocycles. The van der Waals surface area contributed by atoms with E-state index in [0.29, 0.717) is 6.42 Å². The molecule has 142 valence electrons. The monoisotopic (exact) mass is 364 g/mol. The predicted octanol–water partition coefficient (Wildman–Crippen LogP) is 4.93. The van der Waals surface area contributed by atoms with Crippen LogP contribution in [0.25, 0.3) is 0 Å². The van der Waals surface area contributed by atoms with Gasteiger partial charge in [-0.05, 0) is 54.9 Å². The smallest absolute Gasteiger partial charge is 0.228 e. The number of hydrogen-bond acceptors (Lipinski definition) is 2. The van der Waals surface area contributed by atoms with E-state index in [-0.39, 0.29) is 29.1 Å². The first-order valence-electron chi connectivity index (χ1n) is 9.51. The van der Waals surface area contributed by atoms with Gasteiger partial charge in [-0.25, -0.2) is 0 Å². The van der Waals surface area contributed by atoms with E-state index < -0.39 is 0 Å². The quantitative estimate of drug-likeness (QED) is 0.790. The average Bonchev–Trinajstić information content (AvgIpc) is 2.62. The normalized spacial score (nSPS) is 20.4. The lowest BCUT2D eigenvalue weighted by Crippen LogP contribution is -2.51. The summed E-state index contributed by atoms with van der Waals surface area (Å²) in [5.74, 6) is 0.188. The number of para-hydroxylation sites is 2. The molecule has 1 saturated carbocycles. The summed E-state index contributed by atoms with van der Waals surface area (Å²) in [6, 6.07) is 15.6. The van der Waals surface area contributed by atoms with E-state index in [1.165, 1.54) is 0 Å². The van der Waals surface area contributed by atoms with E-state index in [9.17, 15) is 9.59 Å². The SMILES string of the molecule is Cc1ccccc1NC(=O)C[C@H]1C[C@H](C(=O)Nc2ccccc2C)C1(C)C. The van der Waals surface area contributed by atoms with Gasteiger partial charge in [0.1, 0.15) is 0 Å². The van der Waals surface area contributed by atoms with E-state index in [4.69, 9.17) is 0 Å². The second kappa shape index (κ2) is 7.55. The fraction of sp³-hybridized carbons (Fsp3) is 0.391. The number of carbonyl (C=O) groups excluding carboxylic acids is 2. The third-order valence-corrected chi connectivity index (χ3v) is 6.04. The second-order valence-electron chi connectivity index (χ2n) is 8.18. The molecule has 2 aromatic carbocycles. The maximum absolute atomic E-state index is 12.7. The molecule has 0 aliphatic heterocycles. The Hall–Kier alpha value is -2.62. The Morgan fingerprint density at radius 2 is 1.44 bits per heavy atom. The second-order valence-corrected chi connectivity index (χ2v) is 8.18. The minimum Gasteiger partial charge on any atom is -0.326 e. The lowest BCUT2D eigenvalue weighted by Gasteiger charge is -2.51. The molecule has 4 nitrogen and oxygen atoms in total. The average molecular weight is 364 g/mol. The molecule has 0 radical (unpaired) electrons. The molecule has 2 atom stereocenters. The summed E-state index contributed by atoms with van der Waals surface area (Å²) in [5, 5.41) is 6.05. The van der Waals surface area contributed by atoms with Crippen LogP contribution in [0.5, 0.6) is 0 Å². The summed E-state index contributed by atoms with van der Waals surface area (Å²) in [6.07, 6.45) is 1.18. The molecule has 1 fully saturated rings. The minimum absolute atomic E-state index is 0.0140. The maximum atomic E-state index is 12.7. The first kappa shape index (κ1) is 19.2. The van der Waals surface area contributed by atoms with Crippen LogP contribution in [-0.4, -0.2) is 11.8 Å². The van der Waals surface area contributed by atoms with E-state index in [2.05, 4.69) is 24.5 Å². The highest BCUT2D eigenvalue weighted by Crippen LogP contribution is 2.53. The zero-order valence-electron chi connectivity index (χ0n) is 16.5. The van der Waals surface area contributed by atoms with Crippen molar-refractivity contribution in [3.63, 3.8) is 0 Å². The van der Waals surface area contributed by atoms with Crippen molar-refractivity contribution in [2.45, 2.75) is 40.5 Å². The van der Waals surface area contributed by atoms with Crippen LogP contribution in [0.15, 0.2) is 48.5 Å². The van der Waals surface area contributed by atoms with Crippen LogP contribution >= 0.6 is 0 Å². The van der Waals surface area contributed by atoms with Crippen LogP contribution in [0, 0.1) is 31.1 Å². The Morgan fingerprint density at radius 3 is 1.96 bits per heavy atom. The lowest BCUT2D eigenvalue weighted by atomic mass is 9.53. The van der Waals surface area contributed by atoms with E-state index in [1.807, 2.05) is 62.4 Å². The zero-order valence-corrected chi connectivity index (χ0v) is 16.5. The highest BCUT2D eigenvalue weighted by Gasteiger charge is 2.52. The molecule has 2 N–H and O–H groups in total. The summed E-state index contributed by atoms with van der Waals surface area (Å²) < 4.78 is 0. The summed E-state index contributed by atoms with van der Waals surface area (Å²) in [7, 11) is 0. The van der Waals surface area contributed by atoms with Gasteiger partial charge in [-0.2, -0.15) is 0 Å². The molecule has 0 aromatic heterocycles. The summed E-state index contributed by atoms with van der Waals surface area (Å²) in [6.45, 7) is 8.14. The van der Waals surface area contributed by atoms with Crippen molar-refractivity contribution >= 4 is 23.2 Å². The maximum Gasteiger partial charge on any atom is 0.228 e. The van der Waals surface area contributed by atoms with Gasteiger partial charge in [0.15, 0.2) is 0 Å². The highest BCUT2D eigenvalue weighted by atomic mass is 16.2. The van der Waals surface area contributed by atoms with Crippen LogP contribution in [0.2, 0.25) is 0 Å². The fourth-order valence-corrected chi connectivity index (χ4v) is 3.88. The zero-order chi connectivity index (χ0) is 19.6. The standard InChI is InChI=1S/C23H28N2O2/c1-15-9-5-7-11-19(15)24-21(26)14-17-13-18(23(17,3)4)22(27)25-20-12-8-6-10-16(20)2/h5-12,17-18H,13-14H2,1-4H3,(H,24,26)(H,25,27)/t17-,18-/m1/s1. The van der Waals surface area contributed by atoms with Gasteiger partial charge in [-0.3, -0.25) is 9.59 Å². The lowest BCUT2D eigenvalue weighted by molar-refractivity contribution is -0.138. The topological polar surface area (TPSA) is 58.2 Å². The van der Waals surface area contributed by atoms with Gasteiger partial charge in [-0.15, -0.1) is 0 Å². The van der Waals surface area contributed by atoms with E-state index >= 15 is 0 Å². The summed E-state index contributed by atoms with van der Waals surface area (Å²) >= 11 is 0. The number of carbonyl (C=O) groups is 2. The molecule has 0 spiro atoms. The Morgan fingerprint density at radius 1 is 0.926 bits per heavy atom. The molecule has 0 bridgehead atoms. The minimum atomic E-state index is -0.199. The number of hydrogen-bond donors (Lipinski definition) is 2. The van der Waals surface area contributed by atoms with Crippen LogP contribution < -0.4 is 10.6 Å². The molecule has 2 amide bonds. The molecule has 27 heavy (non-hydrogen) atoms.